The summed E-state index contributed by atoms with van der Waals surface area (Å²) in [6.45, 7) is 10.3. The highest BCUT2D eigenvalue weighted by molar-refractivity contribution is 5.68. The fraction of sp³-hybridized carbons (Fsp3) is 0.591. The van der Waals surface area contributed by atoms with Gasteiger partial charge in [0.25, 0.3) is 5.89 Å². The molecule has 2 fully saturated rings. The van der Waals surface area contributed by atoms with E-state index in [1.54, 1.807) is 4.90 Å². The van der Waals surface area contributed by atoms with E-state index in [1.165, 1.54) is 5.69 Å². The summed E-state index contributed by atoms with van der Waals surface area (Å²) in [5.74, 6) is 1.44. The van der Waals surface area contributed by atoms with Gasteiger partial charge in [-0.3, -0.25) is 0 Å². The normalized spacial score (nSPS) is 18.5. The van der Waals surface area contributed by atoms with Gasteiger partial charge in [-0.25, -0.2) is 4.79 Å². The topological polar surface area (TPSA) is 80.9 Å². The van der Waals surface area contributed by atoms with E-state index in [4.69, 9.17) is 14.0 Å². The number of morpholine rings is 1. The van der Waals surface area contributed by atoms with Gasteiger partial charge in [0.1, 0.15) is 5.60 Å². The number of aromatic nitrogens is 2. The number of anilines is 1. The molecule has 1 amide bonds. The molecule has 1 aromatic heterocycles. The van der Waals surface area contributed by atoms with Crippen LogP contribution < -0.4 is 4.90 Å². The number of ether oxygens (including phenoxy) is 2. The molecule has 0 aliphatic carbocycles. The number of hydrogen-bond acceptors (Lipinski definition) is 7. The second kappa shape index (κ2) is 8.63. The highest BCUT2D eigenvalue weighted by atomic mass is 16.6. The Kier molecular flexibility index (Phi) is 5.94. The molecule has 0 atom stereocenters. The minimum absolute atomic E-state index is 0.189. The summed E-state index contributed by atoms with van der Waals surface area (Å²) in [6.07, 6.45) is 1.35. The maximum absolute atomic E-state index is 12.2. The number of hydrogen-bond donors (Lipinski definition) is 0. The van der Waals surface area contributed by atoms with E-state index in [-0.39, 0.29) is 12.0 Å². The molecule has 2 aromatic rings. The molecule has 4 rings (SSSR count). The summed E-state index contributed by atoms with van der Waals surface area (Å²) >= 11 is 0. The lowest BCUT2D eigenvalue weighted by Gasteiger charge is -2.32. The van der Waals surface area contributed by atoms with E-state index in [2.05, 4.69) is 27.2 Å². The zero-order chi connectivity index (χ0) is 21.1. The number of rotatable bonds is 3. The van der Waals surface area contributed by atoms with Crippen molar-refractivity contribution in [1.29, 1.82) is 0 Å². The first-order valence-electron chi connectivity index (χ1n) is 10.6. The van der Waals surface area contributed by atoms with Gasteiger partial charge in [0.15, 0.2) is 5.82 Å². The minimum atomic E-state index is -0.478. The summed E-state index contributed by atoms with van der Waals surface area (Å²) in [5.41, 5.74) is 1.61. The van der Waals surface area contributed by atoms with Gasteiger partial charge in [0.2, 0.25) is 0 Å². The smallest absolute Gasteiger partial charge is 0.410 e. The molecular formula is C22H30N4O4. The maximum atomic E-state index is 12.2. The van der Waals surface area contributed by atoms with Gasteiger partial charge in [0, 0.05) is 43.3 Å². The SMILES string of the molecule is CC(C)(C)OC(=O)N1CCC(c2noc(-c3ccc(N4CCOCC4)cc3)n2)CC1. The summed E-state index contributed by atoms with van der Waals surface area (Å²) in [6, 6.07) is 8.22. The molecule has 162 valence electrons. The quantitative estimate of drug-likeness (QED) is 0.758. The third-order valence-corrected chi connectivity index (χ3v) is 5.44. The van der Waals surface area contributed by atoms with Crippen molar-refractivity contribution in [3.8, 4) is 11.5 Å². The summed E-state index contributed by atoms with van der Waals surface area (Å²) in [5, 5.41) is 4.21. The lowest BCUT2D eigenvalue weighted by Crippen LogP contribution is -2.41. The first kappa shape index (κ1) is 20.7. The molecule has 0 saturated carbocycles. The number of carbonyl (C=O) groups excluding carboxylic acids is 1. The predicted octanol–water partition coefficient (Wildman–Crippen LogP) is 3.69. The monoisotopic (exact) mass is 414 g/mol. The van der Waals surface area contributed by atoms with Crippen molar-refractivity contribution in [3.05, 3.63) is 30.1 Å². The third-order valence-electron chi connectivity index (χ3n) is 5.44. The van der Waals surface area contributed by atoms with Crippen molar-refractivity contribution in [2.24, 2.45) is 0 Å². The number of carbonyl (C=O) groups is 1. The lowest BCUT2D eigenvalue weighted by molar-refractivity contribution is 0.0203. The molecule has 8 nitrogen and oxygen atoms in total. The Morgan fingerprint density at radius 2 is 1.73 bits per heavy atom. The van der Waals surface area contributed by atoms with Crippen LogP contribution in [0.2, 0.25) is 0 Å². The van der Waals surface area contributed by atoms with Crippen LogP contribution >= 0.6 is 0 Å². The van der Waals surface area contributed by atoms with Crippen molar-refractivity contribution >= 4 is 11.8 Å². The Hall–Kier alpha value is -2.61. The van der Waals surface area contributed by atoms with Crippen molar-refractivity contribution in [1.82, 2.24) is 15.0 Å². The van der Waals surface area contributed by atoms with Crippen molar-refractivity contribution < 1.29 is 18.8 Å². The van der Waals surface area contributed by atoms with Crippen molar-refractivity contribution in [3.63, 3.8) is 0 Å². The molecule has 1 aromatic carbocycles. The van der Waals surface area contributed by atoms with E-state index >= 15 is 0 Å². The van der Waals surface area contributed by atoms with E-state index in [0.29, 0.717) is 24.8 Å². The van der Waals surface area contributed by atoms with Crippen molar-refractivity contribution in [2.45, 2.75) is 45.1 Å². The van der Waals surface area contributed by atoms with Crippen LogP contribution in [0.5, 0.6) is 0 Å². The number of benzene rings is 1. The van der Waals surface area contributed by atoms with Crippen LogP contribution in [0.15, 0.2) is 28.8 Å². The average molecular weight is 415 g/mol. The summed E-state index contributed by atoms with van der Waals surface area (Å²) < 4.78 is 16.4. The lowest BCUT2D eigenvalue weighted by atomic mass is 9.96. The highest BCUT2D eigenvalue weighted by Gasteiger charge is 2.29. The number of likely N-dealkylation sites (tertiary alicyclic amines) is 1. The predicted molar refractivity (Wildman–Crippen MR) is 113 cm³/mol. The van der Waals surface area contributed by atoms with Crippen molar-refractivity contribution in [2.75, 3.05) is 44.3 Å². The average Bonchev–Trinajstić information content (AvgIpc) is 3.24. The van der Waals surface area contributed by atoms with Crippen LogP contribution in [-0.2, 0) is 9.47 Å². The molecule has 2 aliphatic heterocycles. The number of nitrogens with zero attached hydrogens (tertiary/aromatic N) is 4. The molecule has 0 bridgehead atoms. The zero-order valence-corrected chi connectivity index (χ0v) is 18.0. The fourth-order valence-electron chi connectivity index (χ4n) is 3.80. The van der Waals surface area contributed by atoms with Crippen LogP contribution in [0.1, 0.15) is 45.4 Å². The molecular weight excluding hydrogens is 384 g/mol. The Bertz CT molecular complexity index is 845. The van der Waals surface area contributed by atoms with Crippen LogP contribution in [0, 0.1) is 0 Å². The van der Waals surface area contributed by atoms with Gasteiger partial charge < -0.3 is 23.8 Å². The number of piperidine rings is 1. The molecule has 0 spiro atoms. The molecule has 8 heteroatoms. The second-order valence-electron chi connectivity index (χ2n) is 8.85. The Balaban J connectivity index is 1.35. The Morgan fingerprint density at radius 1 is 1.07 bits per heavy atom. The molecule has 0 radical (unpaired) electrons. The summed E-state index contributed by atoms with van der Waals surface area (Å²) in [4.78, 5) is 20.9. The molecule has 2 saturated heterocycles. The van der Waals surface area contributed by atoms with Crippen LogP contribution in [0.4, 0.5) is 10.5 Å². The minimum Gasteiger partial charge on any atom is -0.444 e. The highest BCUT2D eigenvalue weighted by Crippen LogP contribution is 2.29. The first-order valence-corrected chi connectivity index (χ1v) is 10.6. The summed E-state index contributed by atoms with van der Waals surface area (Å²) in [7, 11) is 0. The van der Waals surface area contributed by atoms with Gasteiger partial charge in [-0.1, -0.05) is 5.16 Å². The van der Waals surface area contributed by atoms with Crippen LogP contribution in [-0.4, -0.2) is 66.1 Å². The number of amides is 1. The van der Waals surface area contributed by atoms with E-state index in [1.807, 2.05) is 32.9 Å². The van der Waals surface area contributed by atoms with E-state index in [9.17, 15) is 4.79 Å². The van der Waals surface area contributed by atoms with Gasteiger partial charge >= 0.3 is 6.09 Å². The zero-order valence-electron chi connectivity index (χ0n) is 18.0. The molecule has 0 N–H and O–H groups in total. The molecule has 3 heterocycles. The van der Waals surface area contributed by atoms with E-state index in [0.717, 1.165) is 44.7 Å². The van der Waals surface area contributed by atoms with Gasteiger partial charge in [-0.2, -0.15) is 4.98 Å². The maximum Gasteiger partial charge on any atom is 0.410 e. The second-order valence-corrected chi connectivity index (χ2v) is 8.85. The first-order chi connectivity index (χ1) is 14.4. The Morgan fingerprint density at radius 3 is 2.37 bits per heavy atom. The standard InChI is InChI=1S/C22H30N4O4/c1-22(2,3)29-21(27)26-10-8-16(9-11-26)19-23-20(30-24-19)17-4-6-18(7-5-17)25-12-14-28-15-13-25/h4-7,16H,8-15H2,1-3H3. The fourth-order valence-corrected chi connectivity index (χ4v) is 3.80. The van der Waals surface area contributed by atoms with Gasteiger partial charge in [-0.05, 0) is 57.9 Å². The molecule has 2 aliphatic rings. The largest absolute Gasteiger partial charge is 0.444 e. The van der Waals surface area contributed by atoms with Gasteiger partial charge in [-0.15, -0.1) is 0 Å². The van der Waals surface area contributed by atoms with Crippen LogP contribution in [0.3, 0.4) is 0 Å². The van der Waals surface area contributed by atoms with Crippen LogP contribution in [0.25, 0.3) is 11.5 Å². The van der Waals surface area contributed by atoms with E-state index < -0.39 is 5.60 Å². The third kappa shape index (κ3) is 4.92. The molecule has 30 heavy (non-hydrogen) atoms. The van der Waals surface area contributed by atoms with Gasteiger partial charge in [0.05, 0.1) is 13.2 Å². The Labute approximate surface area is 177 Å². The molecule has 0 unspecified atom stereocenters.